The van der Waals surface area contributed by atoms with Crippen molar-refractivity contribution in [3.63, 3.8) is 0 Å². The van der Waals surface area contributed by atoms with Crippen LogP contribution in [0.3, 0.4) is 0 Å². The van der Waals surface area contributed by atoms with Gasteiger partial charge in [0.15, 0.2) is 5.13 Å². The van der Waals surface area contributed by atoms with E-state index in [1.807, 2.05) is 36.6 Å². The van der Waals surface area contributed by atoms with Crippen LogP contribution in [0.2, 0.25) is 0 Å². The number of aryl methyl sites for hydroxylation is 3. The van der Waals surface area contributed by atoms with Gasteiger partial charge in [-0.2, -0.15) is 18.2 Å². The molecule has 180 valence electrons. The van der Waals surface area contributed by atoms with Crippen LogP contribution in [-0.4, -0.2) is 35.5 Å². The van der Waals surface area contributed by atoms with E-state index in [9.17, 15) is 18.0 Å². The Labute approximate surface area is 201 Å². The molecule has 0 aliphatic rings. The lowest BCUT2D eigenvalue weighted by Crippen LogP contribution is -2.14. The maximum Gasteiger partial charge on any atom is 0.453 e. The van der Waals surface area contributed by atoms with E-state index in [-0.39, 0.29) is 24.5 Å². The van der Waals surface area contributed by atoms with Crippen molar-refractivity contribution in [1.29, 1.82) is 0 Å². The molecule has 0 unspecified atom stereocenters. The fourth-order valence-electron chi connectivity index (χ4n) is 4.16. The number of hydrogen-bond acceptors (Lipinski definition) is 6. The second kappa shape index (κ2) is 8.45. The normalized spacial score (nSPS) is 12.1. The number of aromatic amines is 1. The Kier molecular flexibility index (Phi) is 5.55. The van der Waals surface area contributed by atoms with Crippen molar-refractivity contribution in [2.75, 3.05) is 5.32 Å². The molecule has 5 rings (SSSR count). The summed E-state index contributed by atoms with van der Waals surface area (Å²) in [5.41, 5.74) is 5.40. The number of alkyl halides is 3. The molecule has 4 aromatic heterocycles. The van der Waals surface area contributed by atoms with Crippen molar-refractivity contribution in [2.45, 2.75) is 39.8 Å². The van der Waals surface area contributed by atoms with Crippen molar-refractivity contribution < 1.29 is 18.0 Å². The standard InChI is InChI=1S/C23H20F3N7OS/c1-11-14(13(3)33-21(28-11)31-20(32-33)23(24,25)26)8-9-18(34)30-22-29-17(10-35-22)19-12(2)27-16-7-5-4-6-15(16)19/h4-7,10,27H,8-9H2,1-3H3,(H,29,30,34). The number of nitrogens with zero attached hydrogens (tertiary/aromatic N) is 5. The van der Waals surface area contributed by atoms with E-state index in [0.29, 0.717) is 22.1 Å². The average molecular weight is 500 g/mol. The molecule has 12 heteroatoms. The van der Waals surface area contributed by atoms with Crippen molar-refractivity contribution in [3.05, 3.63) is 58.1 Å². The van der Waals surface area contributed by atoms with Crippen LogP contribution >= 0.6 is 11.3 Å². The summed E-state index contributed by atoms with van der Waals surface area (Å²) in [5, 5.41) is 9.79. The molecule has 0 atom stereocenters. The molecule has 0 radical (unpaired) electrons. The summed E-state index contributed by atoms with van der Waals surface area (Å²) in [7, 11) is 0. The molecule has 8 nitrogen and oxygen atoms in total. The van der Waals surface area contributed by atoms with Gasteiger partial charge in [0.1, 0.15) is 0 Å². The number of carbonyl (C=O) groups is 1. The van der Waals surface area contributed by atoms with Crippen molar-refractivity contribution >= 4 is 39.1 Å². The molecule has 1 amide bonds. The van der Waals surface area contributed by atoms with E-state index in [0.717, 1.165) is 32.4 Å². The molecule has 0 aliphatic heterocycles. The fraction of sp³-hybridized carbons (Fsp3) is 0.261. The molecule has 5 aromatic rings. The largest absolute Gasteiger partial charge is 0.453 e. The van der Waals surface area contributed by atoms with Gasteiger partial charge in [0.05, 0.1) is 5.69 Å². The van der Waals surface area contributed by atoms with Gasteiger partial charge in [0, 0.05) is 45.3 Å². The summed E-state index contributed by atoms with van der Waals surface area (Å²) in [5.74, 6) is -1.62. The van der Waals surface area contributed by atoms with Crippen molar-refractivity contribution in [3.8, 4) is 11.3 Å². The van der Waals surface area contributed by atoms with Gasteiger partial charge in [-0.25, -0.2) is 14.5 Å². The van der Waals surface area contributed by atoms with Gasteiger partial charge in [-0.1, -0.05) is 18.2 Å². The highest BCUT2D eigenvalue weighted by Gasteiger charge is 2.37. The number of hydrogen-bond donors (Lipinski definition) is 2. The maximum absolute atomic E-state index is 13.0. The van der Waals surface area contributed by atoms with Gasteiger partial charge in [-0.05, 0) is 38.8 Å². The first-order valence-corrected chi connectivity index (χ1v) is 11.6. The van der Waals surface area contributed by atoms with Crippen LogP contribution in [0.15, 0.2) is 29.6 Å². The van der Waals surface area contributed by atoms with E-state index in [1.165, 1.54) is 11.3 Å². The zero-order valence-corrected chi connectivity index (χ0v) is 19.8. The van der Waals surface area contributed by atoms with Crippen LogP contribution in [0.5, 0.6) is 0 Å². The number of para-hydroxylation sites is 1. The Balaban J connectivity index is 1.31. The van der Waals surface area contributed by atoms with E-state index in [1.54, 1.807) is 13.8 Å². The van der Waals surface area contributed by atoms with Gasteiger partial charge < -0.3 is 10.3 Å². The van der Waals surface area contributed by atoms with Crippen molar-refractivity contribution in [1.82, 2.24) is 29.5 Å². The van der Waals surface area contributed by atoms with Gasteiger partial charge in [0.2, 0.25) is 5.91 Å². The summed E-state index contributed by atoms with van der Waals surface area (Å²) in [6.45, 7) is 5.30. The first kappa shape index (κ1) is 23.0. The summed E-state index contributed by atoms with van der Waals surface area (Å²) < 4.78 is 40.0. The molecule has 0 fully saturated rings. The Bertz CT molecular complexity index is 1580. The number of H-pyrrole nitrogens is 1. The molecule has 0 saturated carbocycles. The van der Waals surface area contributed by atoms with Crippen LogP contribution in [0.25, 0.3) is 27.9 Å². The monoisotopic (exact) mass is 499 g/mol. The van der Waals surface area contributed by atoms with Gasteiger partial charge in [-0.15, -0.1) is 16.4 Å². The quantitative estimate of drug-likeness (QED) is 0.344. The van der Waals surface area contributed by atoms with E-state index >= 15 is 0 Å². The number of aromatic nitrogens is 6. The second-order valence-electron chi connectivity index (χ2n) is 8.16. The fourth-order valence-corrected chi connectivity index (χ4v) is 4.88. The molecule has 4 heterocycles. The molecule has 35 heavy (non-hydrogen) atoms. The first-order chi connectivity index (χ1) is 16.6. The molecule has 0 saturated heterocycles. The molecule has 1 aromatic carbocycles. The molecule has 0 spiro atoms. The zero-order valence-electron chi connectivity index (χ0n) is 19.0. The third kappa shape index (κ3) is 4.25. The Morgan fingerprint density at radius 2 is 1.91 bits per heavy atom. The smallest absolute Gasteiger partial charge is 0.358 e. The number of anilines is 1. The van der Waals surface area contributed by atoms with E-state index < -0.39 is 12.0 Å². The molecule has 0 aliphatic carbocycles. The number of carbonyl (C=O) groups excluding carboxylic acids is 1. The minimum absolute atomic E-state index is 0.108. The Morgan fingerprint density at radius 1 is 1.14 bits per heavy atom. The van der Waals surface area contributed by atoms with Crippen LogP contribution in [0.1, 0.15) is 34.9 Å². The van der Waals surface area contributed by atoms with Crippen LogP contribution < -0.4 is 5.32 Å². The number of fused-ring (bicyclic) bond motifs is 2. The summed E-state index contributed by atoms with van der Waals surface area (Å²) in [6, 6.07) is 7.95. The van der Waals surface area contributed by atoms with Crippen molar-refractivity contribution in [2.24, 2.45) is 0 Å². The Morgan fingerprint density at radius 3 is 2.69 bits per heavy atom. The summed E-state index contributed by atoms with van der Waals surface area (Å²) in [4.78, 5) is 28.2. The lowest BCUT2D eigenvalue weighted by Gasteiger charge is -2.10. The van der Waals surface area contributed by atoms with Gasteiger partial charge >= 0.3 is 6.18 Å². The number of amides is 1. The third-order valence-electron chi connectivity index (χ3n) is 5.80. The summed E-state index contributed by atoms with van der Waals surface area (Å²) >= 11 is 1.33. The number of halogens is 3. The van der Waals surface area contributed by atoms with Gasteiger partial charge in [0.25, 0.3) is 11.6 Å². The topological polar surface area (TPSA) is 101 Å². The highest BCUT2D eigenvalue weighted by Crippen LogP contribution is 2.34. The minimum Gasteiger partial charge on any atom is -0.358 e. The lowest BCUT2D eigenvalue weighted by molar-refractivity contribution is -0.144. The van der Waals surface area contributed by atoms with E-state index in [4.69, 9.17) is 0 Å². The predicted octanol–water partition coefficient (Wildman–Crippen LogP) is 5.24. The summed E-state index contributed by atoms with van der Waals surface area (Å²) in [6.07, 6.45) is -4.27. The number of nitrogens with one attached hydrogen (secondary N) is 2. The van der Waals surface area contributed by atoms with Gasteiger partial charge in [-0.3, -0.25) is 4.79 Å². The number of benzene rings is 1. The van der Waals surface area contributed by atoms with Crippen LogP contribution in [0, 0.1) is 20.8 Å². The average Bonchev–Trinajstić information content (AvgIpc) is 3.49. The molecular weight excluding hydrogens is 479 g/mol. The number of thiazole rings is 1. The zero-order chi connectivity index (χ0) is 24.9. The molecular formula is C23H20F3N7OS. The third-order valence-corrected chi connectivity index (χ3v) is 6.56. The van der Waals surface area contributed by atoms with E-state index in [2.05, 4.69) is 30.4 Å². The lowest BCUT2D eigenvalue weighted by atomic mass is 10.1. The second-order valence-corrected chi connectivity index (χ2v) is 9.02. The molecule has 2 N–H and O–H groups in total. The first-order valence-electron chi connectivity index (χ1n) is 10.7. The maximum atomic E-state index is 13.0. The SMILES string of the molecule is Cc1nc2nc(C(F)(F)F)nn2c(C)c1CCC(=O)Nc1nc(-c2c(C)[nH]c3ccccc23)cs1. The highest BCUT2D eigenvalue weighted by atomic mass is 32.1. The number of rotatable bonds is 5. The van der Waals surface area contributed by atoms with Crippen LogP contribution in [0.4, 0.5) is 18.3 Å². The van der Waals surface area contributed by atoms with Crippen LogP contribution in [-0.2, 0) is 17.4 Å². The molecule has 0 bridgehead atoms. The highest BCUT2D eigenvalue weighted by molar-refractivity contribution is 7.14. The Hall–Kier alpha value is -3.80. The predicted molar refractivity (Wildman–Crippen MR) is 126 cm³/mol. The minimum atomic E-state index is -4.66.